The van der Waals surface area contributed by atoms with Crippen LogP contribution in [-0.4, -0.2) is 23.1 Å². The van der Waals surface area contributed by atoms with E-state index < -0.39 is 0 Å². The van der Waals surface area contributed by atoms with E-state index in [9.17, 15) is 4.79 Å². The van der Waals surface area contributed by atoms with Gasteiger partial charge in [-0.25, -0.2) is 0 Å². The molecule has 0 fully saturated rings. The van der Waals surface area contributed by atoms with Crippen molar-refractivity contribution in [2.45, 2.75) is 31.6 Å². The molecule has 1 amide bonds. The normalized spacial score (nSPS) is 19.7. The molecule has 0 radical (unpaired) electrons. The summed E-state index contributed by atoms with van der Waals surface area (Å²) in [4.78, 5) is 15.4. The second kappa shape index (κ2) is 4.92. The van der Waals surface area contributed by atoms with Gasteiger partial charge in [-0.15, -0.1) is 0 Å². The number of carbonyl (C=O) groups excluding carboxylic acids is 1. The van der Waals surface area contributed by atoms with Gasteiger partial charge in [0.05, 0.1) is 6.42 Å². The van der Waals surface area contributed by atoms with Crippen molar-refractivity contribution in [1.29, 1.82) is 0 Å². The lowest BCUT2D eigenvalue weighted by Gasteiger charge is -2.12. The summed E-state index contributed by atoms with van der Waals surface area (Å²) in [6.07, 6.45) is 7.52. The highest BCUT2D eigenvalue weighted by molar-refractivity contribution is 5.77. The fourth-order valence-electron chi connectivity index (χ4n) is 1.75. The smallest absolute Gasteiger partial charge is 0.230 e. The van der Waals surface area contributed by atoms with Crippen LogP contribution < -0.4 is 5.32 Å². The summed E-state index contributed by atoms with van der Waals surface area (Å²) >= 11 is 0. The van der Waals surface area contributed by atoms with Gasteiger partial charge in [-0.2, -0.15) is 4.98 Å². The number of nitrogens with one attached hydrogen (secondary N) is 1. The third-order valence-electron chi connectivity index (χ3n) is 2.70. The van der Waals surface area contributed by atoms with Crippen molar-refractivity contribution >= 4 is 5.91 Å². The summed E-state index contributed by atoms with van der Waals surface area (Å²) in [5, 5.41) is 6.34. The molecule has 1 atom stereocenters. The van der Waals surface area contributed by atoms with Crippen molar-refractivity contribution in [3.8, 4) is 0 Å². The average molecular weight is 221 g/mol. The SMILES string of the molecule is CNC(=O)Cc1noc([C@H]2CC=CCC2)n1. The van der Waals surface area contributed by atoms with Crippen molar-refractivity contribution in [2.24, 2.45) is 0 Å². The minimum absolute atomic E-state index is 0.101. The van der Waals surface area contributed by atoms with Crippen molar-refractivity contribution < 1.29 is 9.32 Å². The van der Waals surface area contributed by atoms with Crippen LogP contribution in [0.5, 0.6) is 0 Å². The van der Waals surface area contributed by atoms with Crippen molar-refractivity contribution in [2.75, 3.05) is 7.05 Å². The van der Waals surface area contributed by atoms with Crippen LogP contribution in [0, 0.1) is 0 Å². The van der Waals surface area contributed by atoms with Gasteiger partial charge in [0.2, 0.25) is 11.8 Å². The van der Waals surface area contributed by atoms with E-state index in [4.69, 9.17) is 4.52 Å². The molecular formula is C11H15N3O2. The van der Waals surface area contributed by atoms with E-state index in [-0.39, 0.29) is 12.3 Å². The monoisotopic (exact) mass is 221 g/mol. The number of likely N-dealkylation sites (N-methyl/N-ethyl adjacent to an activating group) is 1. The molecule has 0 aromatic carbocycles. The number of hydrogen-bond donors (Lipinski definition) is 1. The fraction of sp³-hybridized carbons (Fsp3) is 0.545. The first-order valence-corrected chi connectivity index (χ1v) is 5.47. The van der Waals surface area contributed by atoms with Crippen molar-refractivity contribution in [3.05, 3.63) is 23.9 Å². The highest BCUT2D eigenvalue weighted by Gasteiger charge is 2.19. The first kappa shape index (κ1) is 10.9. The zero-order chi connectivity index (χ0) is 11.4. The molecule has 0 spiro atoms. The minimum atomic E-state index is -0.101. The second-order valence-corrected chi connectivity index (χ2v) is 3.88. The van der Waals surface area contributed by atoms with E-state index in [1.165, 1.54) is 0 Å². The van der Waals surface area contributed by atoms with Gasteiger partial charge in [0.1, 0.15) is 0 Å². The first-order chi connectivity index (χ1) is 7.79. The molecule has 5 heteroatoms. The van der Waals surface area contributed by atoms with Crippen molar-refractivity contribution in [3.63, 3.8) is 0 Å². The lowest BCUT2D eigenvalue weighted by Crippen LogP contribution is -2.20. The number of aromatic nitrogens is 2. The maximum absolute atomic E-state index is 11.1. The lowest BCUT2D eigenvalue weighted by atomic mass is 9.94. The molecule has 1 aliphatic carbocycles. The number of rotatable bonds is 3. The Balaban J connectivity index is 2.01. The first-order valence-electron chi connectivity index (χ1n) is 5.47. The van der Waals surface area contributed by atoms with Crippen LogP contribution in [0.3, 0.4) is 0 Å². The van der Waals surface area contributed by atoms with E-state index in [1.54, 1.807) is 7.05 Å². The molecule has 1 N–H and O–H groups in total. The van der Waals surface area contributed by atoms with Gasteiger partial charge in [0, 0.05) is 13.0 Å². The largest absolute Gasteiger partial charge is 0.359 e. The maximum atomic E-state index is 11.1. The Morgan fingerprint density at radius 3 is 3.19 bits per heavy atom. The van der Waals surface area contributed by atoms with Crippen LogP contribution in [0.25, 0.3) is 0 Å². The molecule has 5 nitrogen and oxygen atoms in total. The Bertz CT molecular complexity index is 398. The molecule has 86 valence electrons. The molecular weight excluding hydrogens is 206 g/mol. The highest BCUT2D eigenvalue weighted by Crippen LogP contribution is 2.27. The maximum Gasteiger partial charge on any atom is 0.230 e. The summed E-state index contributed by atoms with van der Waals surface area (Å²) in [7, 11) is 1.59. The highest BCUT2D eigenvalue weighted by atomic mass is 16.5. The zero-order valence-electron chi connectivity index (χ0n) is 9.27. The Hall–Kier alpha value is -1.65. The summed E-state index contributed by atoms with van der Waals surface area (Å²) < 4.78 is 5.17. The summed E-state index contributed by atoms with van der Waals surface area (Å²) in [5.41, 5.74) is 0. The predicted molar refractivity (Wildman–Crippen MR) is 57.8 cm³/mol. The van der Waals surface area contributed by atoms with E-state index >= 15 is 0 Å². The van der Waals surface area contributed by atoms with Gasteiger partial charge >= 0.3 is 0 Å². The third-order valence-corrected chi connectivity index (χ3v) is 2.70. The molecule has 0 saturated carbocycles. The third kappa shape index (κ3) is 2.48. The number of carbonyl (C=O) groups is 1. The predicted octanol–water partition coefficient (Wildman–Crippen LogP) is 1.18. The van der Waals surface area contributed by atoms with E-state index in [1.807, 2.05) is 0 Å². The zero-order valence-corrected chi connectivity index (χ0v) is 9.27. The number of amides is 1. The van der Waals surface area contributed by atoms with Gasteiger partial charge < -0.3 is 9.84 Å². The Labute approximate surface area is 93.9 Å². The van der Waals surface area contributed by atoms with E-state index in [0.717, 1.165) is 19.3 Å². The van der Waals surface area contributed by atoms with Crippen LogP contribution in [0.1, 0.15) is 36.9 Å². The second-order valence-electron chi connectivity index (χ2n) is 3.88. The van der Waals surface area contributed by atoms with Crippen molar-refractivity contribution in [1.82, 2.24) is 15.5 Å². The fourth-order valence-corrected chi connectivity index (χ4v) is 1.75. The molecule has 1 heterocycles. The van der Waals surface area contributed by atoms with Gasteiger partial charge in [-0.1, -0.05) is 17.3 Å². The molecule has 1 aliphatic rings. The van der Waals surface area contributed by atoms with Gasteiger partial charge in [0.25, 0.3) is 0 Å². The summed E-state index contributed by atoms with van der Waals surface area (Å²) in [6.45, 7) is 0. The average Bonchev–Trinajstić information content (AvgIpc) is 2.78. The number of nitrogens with zero attached hydrogens (tertiary/aromatic N) is 2. The lowest BCUT2D eigenvalue weighted by molar-refractivity contribution is -0.120. The van der Waals surface area contributed by atoms with Crippen LogP contribution >= 0.6 is 0 Å². The van der Waals surface area contributed by atoms with Gasteiger partial charge in [0.15, 0.2) is 5.82 Å². The molecule has 1 aromatic heterocycles. The molecule has 0 unspecified atom stereocenters. The Kier molecular flexibility index (Phi) is 3.34. The molecule has 0 aliphatic heterocycles. The molecule has 1 aromatic rings. The standard InChI is InChI=1S/C11H15N3O2/c1-12-10(15)7-9-13-11(16-14-9)8-5-3-2-4-6-8/h2-3,8H,4-7H2,1H3,(H,12,15)/t8-/m0/s1. The van der Waals surface area contributed by atoms with Crippen LogP contribution in [0.2, 0.25) is 0 Å². The van der Waals surface area contributed by atoms with E-state index in [0.29, 0.717) is 17.6 Å². The van der Waals surface area contributed by atoms with Crippen LogP contribution in [0.15, 0.2) is 16.7 Å². The number of hydrogen-bond acceptors (Lipinski definition) is 4. The Morgan fingerprint density at radius 1 is 1.62 bits per heavy atom. The molecule has 16 heavy (non-hydrogen) atoms. The van der Waals surface area contributed by atoms with Crippen LogP contribution in [-0.2, 0) is 11.2 Å². The van der Waals surface area contributed by atoms with Crippen LogP contribution in [0.4, 0.5) is 0 Å². The molecule has 0 saturated heterocycles. The van der Waals surface area contributed by atoms with Gasteiger partial charge in [-0.3, -0.25) is 4.79 Å². The van der Waals surface area contributed by atoms with Gasteiger partial charge in [-0.05, 0) is 19.3 Å². The molecule has 2 rings (SSSR count). The quantitative estimate of drug-likeness (QED) is 0.778. The summed E-state index contributed by atoms with van der Waals surface area (Å²) in [6, 6.07) is 0. The minimum Gasteiger partial charge on any atom is -0.359 e. The topological polar surface area (TPSA) is 68.0 Å². The van der Waals surface area contributed by atoms with E-state index in [2.05, 4.69) is 27.6 Å². The summed E-state index contributed by atoms with van der Waals surface area (Å²) in [5.74, 6) is 1.33. The number of allylic oxidation sites excluding steroid dienone is 2. The Morgan fingerprint density at radius 2 is 2.50 bits per heavy atom. The molecule has 0 bridgehead atoms.